The third-order valence-corrected chi connectivity index (χ3v) is 3.77. The Morgan fingerprint density at radius 1 is 1.37 bits per heavy atom. The number of hydrogen-bond donors (Lipinski definition) is 1. The summed E-state index contributed by atoms with van der Waals surface area (Å²) in [6.07, 6.45) is 4.38. The lowest BCUT2D eigenvalue weighted by molar-refractivity contribution is 0.549. The highest BCUT2D eigenvalue weighted by atomic mass is 79.9. The molecule has 0 aliphatic carbocycles. The molecule has 1 atom stereocenters. The molecule has 0 amide bonds. The molecule has 100 valence electrons. The fourth-order valence-electron chi connectivity index (χ4n) is 2.11. The first-order valence-electron chi connectivity index (χ1n) is 6.28. The summed E-state index contributed by atoms with van der Waals surface area (Å²) in [6, 6.07) is 10.5. The molecule has 1 unspecified atom stereocenters. The van der Waals surface area contributed by atoms with Crippen molar-refractivity contribution >= 4 is 27.5 Å². The standard InChI is InChI=1S/C15H16BrClN2/c1-2-19-15(13-6-7-18-10-14(13)17)9-11-4-3-5-12(16)8-11/h3-8,10,15,19H,2,9H2,1H3. The van der Waals surface area contributed by atoms with Crippen molar-refractivity contribution in [3.8, 4) is 0 Å². The molecular weight excluding hydrogens is 324 g/mol. The lowest BCUT2D eigenvalue weighted by atomic mass is 9.99. The second kappa shape index (κ2) is 7.04. The minimum atomic E-state index is 0.204. The van der Waals surface area contributed by atoms with Gasteiger partial charge < -0.3 is 5.32 Å². The molecule has 0 aliphatic rings. The van der Waals surface area contributed by atoms with Gasteiger partial charge in [-0.1, -0.05) is 46.6 Å². The number of benzene rings is 1. The molecule has 19 heavy (non-hydrogen) atoms. The quantitative estimate of drug-likeness (QED) is 0.874. The summed E-state index contributed by atoms with van der Waals surface area (Å²) in [6.45, 7) is 3.00. The van der Waals surface area contributed by atoms with Crippen LogP contribution in [0.1, 0.15) is 24.1 Å². The lowest BCUT2D eigenvalue weighted by Gasteiger charge is -2.19. The number of halogens is 2. The molecule has 0 aliphatic heterocycles. The van der Waals surface area contributed by atoms with E-state index in [4.69, 9.17) is 11.6 Å². The molecule has 2 nitrogen and oxygen atoms in total. The zero-order valence-corrected chi connectivity index (χ0v) is 13.1. The van der Waals surface area contributed by atoms with Crippen LogP contribution in [0.2, 0.25) is 5.02 Å². The molecule has 2 rings (SSSR count). The van der Waals surface area contributed by atoms with Gasteiger partial charge in [0.25, 0.3) is 0 Å². The van der Waals surface area contributed by atoms with Gasteiger partial charge >= 0.3 is 0 Å². The maximum Gasteiger partial charge on any atom is 0.0637 e. The summed E-state index contributed by atoms with van der Waals surface area (Å²) < 4.78 is 1.10. The van der Waals surface area contributed by atoms with E-state index in [1.807, 2.05) is 12.1 Å². The molecule has 0 saturated carbocycles. The van der Waals surface area contributed by atoms with Crippen LogP contribution in [0.25, 0.3) is 0 Å². The van der Waals surface area contributed by atoms with Crippen molar-refractivity contribution in [2.24, 2.45) is 0 Å². The van der Waals surface area contributed by atoms with Gasteiger partial charge in [0.05, 0.1) is 5.02 Å². The number of pyridine rings is 1. The molecule has 1 N–H and O–H groups in total. The van der Waals surface area contributed by atoms with Crippen molar-refractivity contribution in [2.45, 2.75) is 19.4 Å². The molecule has 2 aromatic rings. The van der Waals surface area contributed by atoms with Crippen molar-refractivity contribution in [2.75, 3.05) is 6.54 Å². The van der Waals surface area contributed by atoms with Crippen LogP contribution in [0.4, 0.5) is 0 Å². The Morgan fingerprint density at radius 2 is 2.21 bits per heavy atom. The van der Waals surface area contributed by atoms with Crippen LogP contribution in [0.5, 0.6) is 0 Å². The van der Waals surface area contributed by atoms with Gasteiger partial charge in [0.1, 0.15) is 0 Å². The van der Waals surface area contributed by atoms with Crippen molar-refractivity contribution in [1.29, 1.82) is 0 Å². The third kappa shape index (κ3) is 4.03. The Labute approximate surface area is 127 Å². The van der Waals surface area contributed by atoms with E-state index in [1.165, 1.54) is 5.56 Å². The van der Waals surface area contributed by atoms with E-state index in [0.29, 0.717) is 5.02 Å². The van der Waals surface area contributed by atoms with Crippen LogP contribution >= 0.6 is 27.5 Å². The number of likely N-dealkylation sites (N-methyl/N-ethyl adjacent to an activating group) is 1. The summed E-state index contributed by atoms with van der Waals surface area (Å²) >= 11 is 9.75. The average molecular weight is 340 g/mol. The van der Waals surface area contributed by atoms with E-state index in [-0.39, 0.29) is 6.04 Å². The Bertz CT molecular complexity index is 545. The Hall–Kier alpha value is -0.900. The average Bonchev–Trinajstić information content (AvgIpc) is 2.39. The highest BCUT2D eigenvalue weighted by Crippen LogP contribution is 2.25. The van der Waals surface area contributed by atoms with Crippen molar-refractivity contribution < 1.29 is 0 Å². The van der Waals surface area contributed by atoms with Crippen molar-refractivity contribution in [3.63, 3.8) is 0 Å². The zero-order valence-electron chi connectivity index (χ0n) is 10.7. The first-order valence-corrected chi connectivity index (χ1v) is 7.45. The van der Waals surface area contributed by atoms with Crippen LogP contribution in [-0.4, -0.2) is 11.5 Å². The summed E-state index contributed by atoms with van der Waals surface area (Å²) in [5.41, 5.74) is 2.37. The Morgan fingerprint density at radius 3 is 2.89 bits per heavy atom. The SMILES string of the molecule is CCNC(Cc1cccc(Br)c1)c1ccncc1Cl. The first kappa shape index (κ1) is 14.5. The van der Waals surface area contributed by atoms with Crippen molar-refractivity contribution in [3.05, 3.63) is 63.3 Å². The number of rotatable bonds is 5. The van der Waals surface area contributed by atoms with E-state index in [1.54, 1.807) is 12.4 Å². The summed E-state index contributed by atoms with van der Waals surface area (Å²) in [5.74, 6) is 0. The monoisotopic (exact) mass is 338 g/mol. The van der Waals surface area contributed by atoms with Gasteiger partial charge in [0.2, 0.25) is 0 Å². The molecule has 4 heteroatoms. The molecule has 0 fully saturated rings. The van der Waals surface area contributed by atoms with E-state index in [0.717, 1.165) is 23.0 Å². The number of nitrogens with one attached hydrogen (secondary N) is 1. The fourth-order valence-corrected chi connectivity index (χ4v) is 2.80. The Balaban J connectivity index is 2.24. The van der Waals surface area contributed by atoms with Gasteiger partial charge in [0, 0.05) is 22.9 Å². The molecule has 1 heterocycles. The van der Waals surface area contributed by atoms with Gasteiger partial charge in [-0.2, -0.15) is 0 Å². The lowest BCUT2D eigenvalue weighted by Crippen LogP contribution is -2.23. The largest absolute Gasteiger partial charge is 0.310 e. The summed E-state index contributed by atoms with van der Waals surface area (Å²) in [5, 5.41) is 4.19. The number of hydrogen-bond acceptors (Lipinski definition) is 2. The fraction of sp³-hybridized carbons (Fsp3) is 0.267. The zero-order chi connectivity index (χ0) is 13.7. The smallest absolute Gasteiger partial charge is 0.0637 e. The normalized spacial score (nSPS) is 12.4. The maximum absolute atomic E-state index is 6.24. The molecule has 0 radical (unpaired) electrons. The minimum absolute atomic E-state index is 0.204. The van der Waals surface area contributed by atoms with E-state index in [9.17, 15) is 0 Å². The van der Waals surface area contributed by atoms with Gasteiger partial charge in [-0.3, -0.25) is 4.98 Å². The van der Waals surface area contributed by atoms with Gasteiger partial charge in [0.15, 0.2) is 0 Å². The first-order chi connectivity index (χ1) is 9.20. The minimum Gasteiger partial charge on any atom is -0.310 e. The predicted molar refractivity (Wildman–Crippen MR) is 83.5 cm³/mol. The van der Waals surface area contributed by atoms with Gasteiger partial charge in [-0.15, -0.1) is 0 Å². The Kier molecular flexibility index (Phi) is 5.37. The van der Waals surface area contributed by atoms with Gasteiger partial charge in [-0.05, 0) is 42.3 Å². The molecule has 0 bridgehead atoms. The number of nitrogens with zero attached hydrogens (tertiary/aromatic N) is 1. The molecular formula is C15H16BrClN2. The second-order valence-corrected chi connectivity index (χ2v) is 5.66. The summed E-state index contributed by atoms with van der Waals surface area (Å²) in [4.78, 5) is 4.04. The van der Waals surface area contributed by atoms with Crippen LogP contribution < -0.4 is 5.32 Å². The van der Waals surface area contributed by atoms with Gasteiger partial charge in [-0.25, -0.2) is 0 Å². The van der Waals surface area contributed by atoms with E-state index < -0.39 is 0 Å². The van der Waals surface area contributed by atoms with E-state index in [2.05, 4.69) is 51.4 Å². The highest BCUT2D eigenvalue weighted by Gasteiger charge is 2.14. The summed E-state index contributed by atoms with van der Waals surface area (Å²) in [7, 11) is 0. The van der Waals surface area contributed by atoms with Crippen LogP contribution in [-0.2, 0) is 6.42 Å². The highest BCUT2D eigenvalue weighted by molar-refractivity contribution is 9.10. The topological polar surface area (TPSA) is 24.9 Å². The van der Waals surface area contributed by atoms with Crippen molar-refractivity contribution in [1.82, 2.24) is 10.3 Å². The number of aromatic nitrogens is 1. The van der Waals surface area contributed by atoms with Crippen LogP contribution in [0, 0.1) is 0 Å². The molecule has 1 aromatic heterocycles. The van der Waals surface area contributed by atoms with Crippen LogP contribution in [0.3, 0.4) is 0 Å². The van der Waals surface area contributed by atoms with Crippen LogP contribution in [0.15, 0.2) is 47.2 Å². The molecule has 0 spiro atoms. The molecule has 0 saturated heterocycles. The maximum atomic E-state index is 6.24. The second-order valence-electron chi connectivity index (χ2n) is 4.34. The predicted octanol–water partition coefficient (Wildman–Crippen LogP) is 4.39. The molecule has 1 aromatic carbocycles. The third-order valence-electron chi connectivity index (χ3n) is 2.96. The van der Waals surface area contributed by atoms with E-state index >= 15 is 0 Å².